The molecule has 1 aliphatic heterocycles. The Hall–Kier alpha value is -0.570. The lowest BCUT2D eigenvalue weighted by Crippen LogP contribution is -2.44. The molecule has 2 rings (SSSR count). The Balaban J connectivity index is 2.06. The highest BCUT2D eigenvalue weighted by Crippen LogP contribution is 2.18. The van der Waals surface area contributed by atoms with Crippen molar-refractivity contribution in [3.63, 3.8) is 0 Å². The summed E-state index contributed by atoms with van der Waals surface area (Å²) in [5, 5.41) is 0. The van der Waals surface area contributed by atoms with Crippen molar-refractivity contribution in [2.45, 2.75) is 4.90 Å². The van der Waals surface area contributed by atoms with Gasteiger partial charge in [0.2, 0.25) is 15.9 Å². The molecule has 1 aromatic rings. The number of sulfonamides is 1. The van der Waals surface area contributed by atoms with Crippen molar-refractivity contribution >= 4 is 43.6 Å². The third-order valence-corrected chi connectivity index (χ3v) is 6.53. The molecular formula is C13H17BrN2O3S2. The maximum absolute atomic E-state index is 12.4. The van der Waals surface area contributed by atoms with E-state index in [9.17, 15) is 13.2 Å². The predicted octanol–water partition coefficient (Wildman–Crippen LogP) is 1.64. The first-order chi connectivity index (χ1) is 9.91. The van der Waals surface area contributed by atoms with Crippen LogP contribution in [0.4, 0.5) is 0 Å². The maximum atomic E-state index is 12.4. The minimum absolute atomic E-state index is 0.122. The van der Waals surface area contributed by atoms with Gasteiger partial charge >= 0.3 is 0 Å². The quantitative estimate of drug-likeness (QED) is 0.781. The normalized spacial score (nSPS) is 16.2. The van der Waals surface area contributed by atoms with Crippen LogP contribution in [0.2, 0.25) is 0 Å². The molecule has 0 aliphatic carbocycles. The summed E-state index contributed by atoms with van der Waals surface area (Å²) in [7, 11) is -2.19. The van der Waals surface area contributed by atoms with E-state index in [2.05, 4.69) is 15.9 Å². The molecule has 0 unspecified atom stereocenters. The maximum Gasteiger partial charge on any atom is 0.243 e. The highest BCUT2D eigenvalue weighted by Gasteiger charge is 2.25. The molecule has 1 amide bonds. The van der Waals surface area contributed by atoms with Gasteiger partial charge in [0.1, 0.15) is 0 Å². The van der Waals surface area contributed by atoms with Gasteiger partial charge in [-0.1, -0.05) is 15.9 Å². The number of rotatable bonds is 4. The molecule has 8 heteroatoms. The van der Waals surface area contributed by atoms with Crippen LogP contribution in [0.1, 0.15) is 0 Å². The van der Waals surface area contributed by atoms with Crippen molar-refractivity contribution in [2.24, 2.45) is 0 Å². The zero-order chi connectivity index (χ0) is 15.5. The monoisotopic (exact) mass is 392 g/mol. The third-order valence-electron chi connectivity index (χ3n) is 3.24. The predicted molar refractivity (Wildman–Crippen MR) is 87.9 cm³/mol. The van der Waals surface area contributed by atoms with E-state index < -0.39 is 10.0 Å². The van der Waals surface area contributed by atoms with Crippen LogP contribution < -0.4 is 0 Å². The minimum Gasteiger partial charge on any atom is -0.340 e. The molecule has 1 heterocycles. The summed E-state index contributed by atoms with van der Waals surface area (Å²) in [6.07, 6.45) is 0. The number of hydrogen-bond donors (Lipinski definition) is 0. The van der Waals surface area contributed by atoms with Crippen molar-refractivity contribution in [1.29, 1.82) is 0 Å². The number of carbonyl (C=O) groups excluding carboxylic acids is 1. The van der Waals surface area contributed by atoms with E-state index in [0.717, 1.165) is 20.3 Å². The molecule has 1 aliphatic rings. The first kappa shape index (κ1) is 16.8. The fraction of sp³-hybridized carbons (Fsp3) is 0.462. The SMILES string of the molecule is CN(CC(=O)N1CCSCC1)S(=O)(=O)c1ccc(Br)cc1. The molecule has 0 N–H and O–H groups in total. The van der Waals surface area contributed by atoms with Crippen molar-refractivity contribution in [2.75, 3.05) is 38.2 Å². The van der Waals surface area contributed by atoms with Crippen LogP contribution in [0.3, 0.4) is 0 Å². The summed E-state index contributed by atoms with van der Waals surface area (Å²) < 4.78 is 26.7. The zero-order valence-electron chi connectivity index (χ0n) is 11.7. The van der Waals surface area contributed by atoms with Gasteiger partial charge in [0.05, 0.1) is 11.4 Å². The summed E-state index contributed by atoms with van der Waals surface area (Å²) in [5.41, 5.74) is 0. The van der Waals surface area contributed by atoms with E-state index in [0.29, 0.717) is 13.1 Å². The average molecular weight is 393 g/mol. The first-order valence-electron chi connectivity index (χ1n) is 6.48. The summed E-state index contributed by atoms with van der Waals surface area (Å²) in [6.45, 7) is 1.26. The lowest BCUT2D eigenvalue weighted by molar-refractivity contribution is -0.130. The van der Waals surface area contributed by atoms with Gasteiger partial charge in [-0.15, -0.1) is 0 Å². The Labute approximate surface area is 137 Å². The molecule has 0 aromatic heterocycles. The van der Waals surface area contributed by atoms with Crippen LogP contribution in [0.5, 0.6) is 0 Å². The van der Waals surface area contributed by atoms with Gasteiger partial charge in [0.15, 0.2) is 0 Å². The van der Waals surface area contributed by atoms with Crippen LogP contribution in [0.25, 0.3) is 0 Å². The molecule has 1 fully saturated rings. The fourth-order valence-corrected chi connectivity index (χ4v) is 4.26. The van der Waals surface area contributed by atoms with E-state index in [4.69, 9.17) is 0 Å². The van der Waals surface area contributed by atoms with Crippen LogP contribution in [0.15, 0.2) is 33.6 Å². The molecule has 0 radical (unpaired) electrons. The second-order valence-electron chi connectivity index (χ2n) is 4.71. The van der Waals surface area contributed by atoms with Crippen LogP contribution in [-0.2, 0) is 14.8 Å². The van der Waals surface area contributed by atoms with Crippen molar-refractivity contribution in [3.8, 4) is 0 Å². The number of likely N-dealkylation sites (N-methyl/N-ethyl adjacent to an activating group) is 1. The van der Waals surface area contributed by atoms with E-state index in [1.54, 1.807) is 17.0 Å². The fourth-order valence-electron chi connectivity index (χ4n) is 1.97. The molecule has 5 nitrogen and oxygen atoms in total. The zero-order valence-corrected chi connectivity index (χ0v) is 14.9. The largest absolute Gasteiger partial charge is 0.340 e. The number of carbonyl (C=O) groups is 1. The molecule has 0 atom stereocenters. The third kappa shape index (κ3) is 4.21. The summed E-state index contributed by atoms with van der Waals surface area (Å²) >= 11 is 5.08. The molecule has 1 saturated heterocycles. The number of benzene rings is 1. The topological polar surface area (TPSA) is 57.7 Å². The molecule has 1 aromatic carbocycles. The van der Waals surface area contributed by atoms with Gasteiger partial charge in [0, 0.05) is 36.1 Å². The van der Waals surface area contributed by atoms with Crippen molar-refractivity contribution < 1.29 is 13.2 Å². The smallest absolute Gasteiger partial charge is 0.243 e. The second-order valence-corrected chi connectivity index (χ2v) is 8.89. The Bertz CT molecular complexity index is 598. The number of halogens is 1. The Morgan fingerprint density at radius 3 is 2.43 bits per heavy atom. The van der Waals surface area contributed by atoms with Gasteiger partial charge in [-0.25, -0.2) is 8.42 Å². The minimum atomic E-state index is -3.63. The summed E-state index contributed by atoms with van der Waals surface area (Å²) in [4.78, 5) is 14.1. The van der Waals surface area contributed by atoms with Crippen molar-refractivity contribution in [3.05, 3.63) is 28.7 Å². The Morgan fingerprint density at radius 2 is 1.86 bits per heavy atom. The Morgan fingerprint density at radius 1 is 1.29 bits per heavy atom. The Kier molecular flexibility index (Phi) is 5.70. The molecule has 116 valence electrons. The molecule has 0 saturated carbocycles. The number of amides is 1. The van der Waals surface area contributed by atoms with Crippen LogP contribution in [0, 0.1) is 0 Å². The number of hydrogen-bond acceptors (Lipinski definition) is 4. The molecule has 0 spiro atoms. The van der Waals surface area contributed by atoms with E-state index >= 15 is 0 Å². The molecular weight excluding hydrogens is 376 g/mol. The average Bonchev–Trinajstić information content (AvgIpc) is 2.48. The van der Waals surface area contributed by atoms with E-state index in [1.165, 1.54) is 19.2 Å². The van der Waals surface area contributed by atoms with E-state index in [-0.39, 0.29) is 17.3 Å². The highest BCUT2D eigenvalue weighted by atomic mass is 79.9. The van der Waals surface area contributed by atoms with Gasteiger partial charge in [0.25, 0.3) is 0 Å². The number of nitrogens with zero attached hydrogens (tertiary/aromatic N) is 2. The van der Waals surface area contributed by atoms with Gasteiger partial charge in [-0.05, 0) is 24.3 Å². The lowest BCUT2D eigenvalue weighted by Gasteiger charge is -2.28. The van der Waals surface area contributed by atoms with Crippen molar-refractivity contribution in [1.82, 2.24) is 9.21 Å². The van der Waals surface area contributed by atoms with Crippen LogP contribution in [-0.4, -0.2) is 61.7 Å². The van der Waals surface area contributed by atoms with Gasteiger partial charge in [-0.3, -0.25) is 4.79 Å². The van der Waals surface area contributed by atoms with Gasteiger partial charge < -0.3 is 4.90 Å². The van der Waals surface area contributed by atoms with Crippen LogP contribution >= 0.6 is 27.7 Å². The number of thioether (sulfide) groups is 1. The second kappa shape index (κ2) is 7.13. The standard InChI is InChI=1S/C13H17BrN2O3S2/c1-15(10-13(17)16-6-8-20-9-7-16)21(18,19)12-4-2-11(14)3-5-12/h2-5H,6-10H2,1H3. The summed E-state index contributed by atoms with van der Waals surface area (Å²) in [5.74, 6) is 1.68. The lowest BCUT2D eigenvalue weighted by atomic mass is 10.4. The van der Waals surface area contributed by atoms with Gasteiger partial charge in [-0.2, -0.15) is 16.1 Å². The molecule has 0 bridgehead atoms. The van der Waals surface area contributed by atoms with E-state index in [1.807, 2.05) is 11.8 Å². The molecule has 21 heavy (non-hydrogen) atoms. The first-order valence-corrected chi connectivity index (χ1v) is 9.87. The summed E-state index contributed by atoms with van der Waals surface area (Å²) in [6, 6.07) is 6.39. The highest BCUT2D eigenvalue weighted by molar-refractivity contribution is 9.10.